The Morgan fingerprint density at radius 1 is 0.451 bits per heavy atom. The molecule has 9 N–H and O–H groups in total. The number of nitrogens with one attached hydrogen (secondary N) is 1. The number of aliphatic hydroxyl groups is 8. The Labute approximate surface area is 432 Å². The van der Waals surface area contributed by atoms with E-state index in [0.29, 0.717) is 12.8 Å². The van der Waals surface area contributed by atoms with E-state index in [0.717, 1.165) is 51.4 Å². The van der Waals surface area contributed by atoms with E-state index < -0.39 is 86.8 Å². The first-order valence-corrected chi connectivity index (χ1v) is 29.8. The van der Waals surface area contributed by atoms with Gasteiger partial charge >= 0.3 is 0 Å². The maximum Gasteiger partial charge on any atom is 0.220 e. The smallest absolute Gasteiger partial charge is 0.220 e. The number of ether oxygens (including phenoxy) is 4. The SMILES string of the molecule is CCCCCCCCCCCCCCCCCCCCCCCCCCCCCCCC(O)C(COC1OC(CO)C(OC2OC(CO)C(O)C(O)C2O)C(O)C1O)NC(=O)CCCCCCCCCC. The number of carbonyl (C=O) groups excluding carboxylic acids is 1. The quantitative estimate of drug-likeness (QED) is 0.0259. The molecule has 0 aliphatic carbocycles. The molecule has 2 heterocycles. The molecule has 2 aliphatic rings. The first kappa shape index (κ1) is 66.1. The summed E-state index contributed by atoms with van der Waals surface area (Å²) >= 11 is 0. The average molecular weight is 1020 g/mol. The second-order valence-electron chi connectivity index (χ2n) is 21.5. The highest BCUT2D eigenvalue weighted by atomic mass is 16.7. The molecule has 0 aromatic heterocycles. The fourth-order valence-electron chi connectivity index (χ4n) is 10.2. The van der Waals surface area contributed by atoms with Crippen LogP contribution in [0.5, 0.6) is 0 Å². The summed E-state index contributed by atoms with van der Waals surface area (Å²) in [7, 11) is 0. The van der Waals surface area contributed by atoms with E-state index >= 15 is 0 Å². The monoisotopic (exact) mass is 1020 g/mol. The highest BCUT2D eigenvalue weighted by Crippen LogP contribution is 2.30. The lowest BCUT2D eigenvalue weighted by molar-refractivity contribution is -0.359. The molecule has 0 aromatic carbocycles. The van der Waals surface area contributed by atoms with E-state index in [4.69, 9.17) is 18.9 Å². The number of carbonyl (C=O) groups is 1. The van der Waals surface area contributed by atoms with E-state index in [2.05, 4.69) is 19.2 Å². The van der Waals surface area contributed by atoms with Gasteiger partial charge in [0.15, 0.2) is 12.6 Å². The van der Waals surface area contributed by atoms with Gasteiger partial charge in [0.25, 0.3) is 0 Å². The van der Waals surface area contributed by atoms with Crippen molar-refractivity contribution in [1.82, 2.24) is 5.32 Å². The molecule has 71 heavy (non-hydrogen) atoms. The highest BCUT2D eigenvalue weighted by molar-refractivity contribution is 5.76. The predicted octanol–water partition coefficient (Wildman–Crippen LogP) is 9.73. The third-order valence-electron chi connectivity index (χ3n) is 15.1. The van der Waals surface area contributed by atoms with Crippen LogP contribution in [0, 0.1) is 0 Å². The van der Waals surface area contributed by atoms with Crippen molar-refractivity contribution in [3.63, 3.8) is 0 Å². The van der Waals surface area contributed by atoms with Crippen molar-refractivity contribution in [3.05, 3.63) is 0 Å². The lowest BCUT2D eigenvalue weighted by Gasteiger charge is -2.46. The van der Waals surface area contributed by atoms with Gasteiger partial charge in [-0.05, 0) is 12.8 Å². The maximum absolute atomic E-state index is 13.1. The van der Waals surface area contributed by atoms with Gasteiger partial charge in [0.05, 0.1) is 32.0 Å². The third-order valence-corrected chi connectivity index (χ3v) is 15.1. The third kappa shape index (κ3) is 30.4. The first-order valence-electron chi connectivity index (χ1n) is 29.8. The minimum absolute atomic E-state index is 0.208. The molecule has 14 heteroatoms. The van der Waals surface area contributed by atoms with Crippen LogP contribution in [-0.4, -0.2) is 140 Å². The first-order chi connectivity index (χ1) is 34.6. The Bertz CT molecular complexity index is 1200. The molecule has 0 aromatic rings. The Hall–Kier alpha value is -1.01. The van der Waals surface area contributed by atoms with Gasteiger partial charge in [0.1, 0.15) is 48.8 Å². The Morgan fingerprint density at radius 3 is 1.20 bits per heavy atom. The van der Waals surface area contributed by atoms with Gasteiger partial charge in [-0.1, -0.05) is 245 Å². The van der Waals surface area contributed by atoms with E-state index in [1.54, 1.807) is 0 Å². The lowest BCUT2D eigenvalue weighted by atomic mass is 9.97. The van der Waals surface area contributed by atoms with Crippen molar-refractivity contribution in [2.24, 2.45) is 0 Å². The summed E-state index contributed by atoms with van der Waals surface area (Å²) < 4.78 is 22.8. The maximum atomic E-state index is 13.1. The Morgan fingerprint density at radius 2 is 0.803 bits per heavy atom. The zero-order valence-corrected chi connectivity index (χ0v) is 45.2. The van der Waals surface area contributed by atoms with Crippen molar-refractivity contribution < 1.29 is 64.6 Å². The van der Waals surface area contributed by atoms with E-state index in [-0.39, 0.29) is 12.5 Å². The number of hydrogen-bond donors (Lipinski definition) is 9. The van der Waals surface area contributed by atoms with Crippen LogP contribution in [0.2, 0.25) is 0 Å². The largest absolute Gasteiger partial charge is 0.394 e. The second-order valence-corrected chi connectivity index (χ2v) is 21.5. The van der Waals surface area contributed by atoms with Gasteiger partial charge in [-0.15, -0.1) is 0 Å². The van der Waals surface area contributed by atoms with Crippen LogP contribution in [0.4, 0.5) is 0 Å². The fraction of sp³-hybridized carbons (Fsp3) is 0.982. The standard InChI is InChI=1S/C57H111NO13/c1-3-5-7-9-11-13-14-15-16-17-18-19-20-21-22-23-24-25-26-27-28-29-30-31-32-33-34-36-38-40-46(61)45(58-49(62)41-39-37-35-12-10-8-6-4-2)44-68-56-54(67)52(65)55(48(43-60)70-56)71-57-53(66)51(64)50(63)47(42-59)69-57/h45-48,50-57,59-61,63-67H,3-44H2,1-2H3,(H,58,62). The Balaban J connectivity index is 1.62. The highest BCUT2D eigenvalue weighted by Gasteiger charge is 2.51. The van der Waals surface area contributed by atoms with Crippen molar-refractivity contribution in [2.45, 2.75) is 338 Å². The lowest BCUT2D eigenvalue weighted by Crippen LogP contribution is -2.65. The number of unbranched alkanes of at least 4 members (excludes halogenated alkanes) is 35. The number of rotatable bonds is 48. The molecule has 0 spiro atoms. The van der Waals surface area contributed by atoms with Gasteiger partial charge < -0.3 is 65.1 Å². The van der Waals surface area contributed by atoms with Crippen LogP contribution < -0.4 is 5.32 Å². The van der Waals surface area contributed by atoms with Crippen LogP contribution in [0.15, 0.2) is 0 Å². The number of hydrogen-bond acceptors (Lipinski definition) is 13. The second kappa shape index (κ2) is 44.2. The topological polar surface area (TPSA) is 228 Å². The minimum atomic E-state index is -1.78. The van der Waals surface area contributed by atoms with Crippen LogP contribution in [0.1, 0.15) is 264 Å². The van der Waals surface area contributed by atoms with Crippen LogP contribution in [-0.2, 0) is 23.7 Å². The van der Waals surface area contributed by atoms with Gasteiger partial charge in [0.2, 0.25) is 5.91 Å². The average Bonchev–Trinajstić information content (AvgIpc) is 3.37. The van der Waals surface area contributed by atoms with Gasteiger partial charge in [-0.25, -0.2) is 0 Å². The molecule has 422 valence electrons. The molecule has 1 amide bonds. The normalized spacial score (nSPS) is 25.7. The molecule has 2 rings (SSSR count). The fourth-order valence-corrected chi connectivity index (χ4v) is 10.2. The van der Waals surface area contributed by atoms with Crippen LogP contribution >= 0.6 is 0 Å². The molecule has 0 saturated carbocycles. The van der Waals surface area contributed by atoms with Crippen molar-refractivity contribution in [3.8, 4) is 0 Å². The van der Waals surface area contributed by atoms with Crippen LogP contribution in [0.3, 0.4) is 0 Å². The van der Waals surface area contributed by atoms with E-state index in [1.807, 2.05) is 0 Å². The van der Waals surface area contributed by atoms with Crippen molar-refractivity contribution in [2.75, 3.05) is 19.8 Å². The molecule has 0 radical (unpaired) electrons. The molecular weight excluding hydrogens is 907 g/mol. The van der Waals surface area contributed by atoms with E-state index in [9.17, 15) is 45.6 Å². The van der Waals surface area contributed by atoms with Gasteiger partial charge in [-0.3, -0.25) is 4.79 Å². The number of amides is 1. The summed E-state index contributed by atoms with van der Waals surface area (Å²) in [5.41, 5.74) is 0. The van der Waals surface area contributed by atoms with Crippen molar-refractivity contribution >= 4 is 5.91 Å². The van der Waals surface area contributed by atoms with Crippen LogP contribution in [0.25, 0.3) is 0 Å². The van der Waals surface area contributed by atoms with E-state index in [1.165, 1.54) is 186 Å². The van der Waals surface area contributed by atoms with Crippen molar-refractivity contribution in [1.29, 1.82) is 0 Å². The summed E-state index contributed by atoms with van der Waals surface area (Å²) in [5, 5.41) is 86.9. The molecule has 12 unspecified atom stereocenters. The summed E-state index contributed by atoms with van der Waals surface area (Å²) in [5.74, 6) is -0.208. The molecule has 2 aliphatic heterocycles. The zero-order valence-electron chi connectivity index (χ0n) is 45.2. The molecule has 14 nitrogen and oxygen atoms in total. The van der Waals surface area contributed by atoms with Gasteiger partial charge in [-0.2, -0.15) is 0 Å². The summed E-state index contributed by atoms with van der Waals surface area (Å²) in [6, 6.07) is -0.820. The summed E-state index contributed by atoms with van der Waals surface area (Å²) in [6.07, 6.45) is 31.5. The minimum Gasteiger partial charge on any atom is -0.394 e. The molecular formula is C57H111NO13. The van der Waals surface area contributed by atoms with Gasteiger partial charge in [0, 0.05) is 6.42 Å². The Kier molecular flexibility index (Phi) is 41.1. The predicted molar refractivity (Wildman–Crippen MR) is 282 cm³/mol. The molecule has 12 atom stereocenters. The summed E-state index contributed by atoms with van der Waals surface area (Å²) in [6.45, 7) is 2.84. The zero-order chi connectivity index (χ0) is 51.7. The summed E-state index contributed by atoms with van der Waals surface area (Å²) in [4.78, 5) is 13.1. The molecule has 2 fully saturated rings. The number of aliphatic hydroxyl groups excluding tert-OH is 8. The molecule has 2 saturated heterocycles. The molecule has 0 bridgehead atoms.